The van der Waals surface area contributed by atoms with Crippen molar-refractivity contribution in [1.82, 2.24) is 4.98 Å². The Labute approximate surface area is 146 Å². The quantitative estimate of drug-likeness (QED) is 0.754. The van der Waals surface area contributed by atoms with Gasteiger partial charge in [0.15, 0.2) is 0 Å². The molecule has 1 fully saturated rings. The minimum absolute atomic E-state index is 0.0766. The number of carbonyl (C=O) groups is 1. The predicted octanol–water partition coefficient (Wildman–Crippen LogP) is 4.76. The van der Waals surface area contributed by atoms with Gasteiger partial charge in [0.05, 0.1) is 12.1 Å². The van der Waals surface area contributed by atoms with Crippen molar-refractivity contribution < 1.29 is 13.9 Å². The highest BCUT2D eigenvalue weighted by Crippen LogP contribution is 2.49. The smallest absolute Gasteiger partial charge is 0.306 e. The number of aromatic nitrogens is 1. The summed E-state index contributed by atoms with van der Waals surface area (Å²) in [5, 5.41) is 0.886. The number of hydrogen-bond donors (Lipinski definition) is 0. The van der Waals surface area contributed by atoms with E-state index in [1.807, 2.05) is 13.0 Å². The summed E-state index contributed by atoms with van der Waals surface area (Å²) in [6, 6.07) is 6.76. The third-order valence-corrected chi connectivity index (χ3v) is 5.55. The van der Waals surface area contributed by atoms with Crippen LogP contribution < -0.4 is 0 Å². The van der Waals surface area contributed by atoms with E-state index < -0.39 is 0 Å². The van der Waals surface area contributed by atoms with Crippen molar-refractivity contribution in [2.75, 3.05) is 6.61 Å². The summed E-state index contributed by atoms with van der Waals surface area (Å²) in [4.78, 5) is 16.0. The number of nitrogens with zero attached hydrogens (tertiary/aromatic N) is 1. The fourth-order valence-electron chi connectivity index (χ4n) is 4.54. The summed E-state index contributed by atoms with van der Waals surface area (Å²) >= 11 is 0. The second kappa shape index (κ2) is 6.58. The normalized spacial score (nSPS) is 25.0. The molecule has 2 aliphatic rings. The number of benzene rings is 1. The highest BCUT2D eigenvalue weighted by atomic mass is 19.1. The molecule has 1 aromatic carbocycles. The summed E-state index contributed by atoms with van der Waals surface area (Å²) in [6.45, 7) is 2.30. The van der Waals surface area contributed by atoms with Crippen LogP contribution in [0.2, 0.25) is 0 Å². The Balaban J connectivity index is 1.54. The Hall–Kier alpha value is -2.23. The number of ether oxygens (including phenoxy) is 1. The highest BCUT2D eigenvalue weighted by molar-refractivity contribution is 5.92. The summed E-state index contributed by atoms with van der Waals surface area (Å²) in [7, 11) is 0. The molecule has 0 saturated heterocycles. The molecule has 0 amide bonds. The van der Waals surface area contributed by atoms with E-state index in [2.05, 4.69) is 11.1 Å². The second-order valence-electron chi connectivity index (χ2n) is 7.19. The molecule has 1 unspecified atom stereocenters. The maximum atomic E-state index is 13.7. The van der Waals surface area contributed by atoms with Crippen LogP contribution in [0, 0.1) is 23.6 Å². The zero-order chi connectivity index (χ0) is 17.4. The van der Waals surface area contributed by atoms with Gasteiger partial charge in [0.25, 0.3) is 0 Å². The molecule has 2 aliphatic carbocycles. The summed E-state index contributed by atoms with van der Waals surface area (Å²) in [6.07, 6.45) is 7.79. The Morgan fingerprint density at radius 1 is 1.32 bits per heavy atom. The number of pyridine rings is 1. The summed E-state index contributed by atoms with van der Waals surface area (Å²) in [5.41, 5.74) is 3.22. The standard InChI is InChI=1S/C21H22FNO2/c1-2-25-21(24)9-13-7-14-10-16(11-15(14)8-13)18-5-6-23-20-4-3-17(22)12-19(18)20/h3-6,10,12-15H,2,7-9,11H2,1H3/t13?,14-,15+/m0/s1. The van der Waals surface area contributed by atoms with E-state index in [-0.39, 0.29) is 11.8 Å². The van der Waals surface area contributed by atoms with E-state index in [9.17, 15) is 9.18 Å². The van der Waals surface area contributed by atoms with Crippen LogP contribution in [-0.2, 0) is 9.53 Å². The average Bonchev–Trinajstić information content (AvgIpc) is 3.12. The third kappa shape index (κ3) is 3.17. The van der Waals surface area contributed by atoms with E-state index in [0.717, 1.165) is 35.7 Å². The van der Waals surface area contributed by atoms with Crippen LogP contribution >= 0.6 is 0 Å². The molecule has 4 heteroatoms. The van der Waals surface area contributed by atoms with Crippen LogP contribution in [0.3, 0.4) is 0 Å². The van der Waals surface area contributed by atoms with Crippen molar-refractivity contribution in [2.45, 2.75) is 32.6 Å². The van der Waals surface area contributed by atoms with Crippen LogP contribution in [0.25, 0.3) is 16.5 Å². The Kier molecular flexibility index (Phi) is 4.28. The number of rotatable bonds is 4. The topological polar surface area (TPSA) is 39.2 Å². The lowest BCUT2D eigenvalue weighted by molar-refractivity contribution is -0.144. The third-order valence-electron chi connectivity index (χ3n) is 5.55. The maximum Gasteiger partial charge on any atom is 0.306 e. The van der Waals surface area contributed by atoms with Gasteiger partial charge < -0.3 is 4.74 Å². The van der Waals surface area contributed by atoms with Crippen LogP contribution in [0.4, 0.5) is 4.39 Å². The van der Waals surface area contributed by atoms with Crippen molar-refractivity contribution in [3.63, 3.8) is 0 Å². The molecule has 0 radical (unpaired) electrons. The fourth-order valence-corrected chi connectivity index (χ4v) is 4.54. The molecule has 0 spiro atoms. The Morgan fingerprint density at radius 3 is 3.00 bits per heavy atom. The zero-order valence-corrected chi connectivity index (χ0v) is 14.4. The van der Waals surface area contributed by atoms with Gasteiger partial charge in [-0.2, -0.15) is 0 Å². The van der Waals surface area contributed by atoms with E-state index in [4.69, 9.17) is 4.74 Å². The van der Waals surface area contributed by atoms with Gasteiger partial charge in [-0.25, -0.2) is 4.39 Å². The highest BCUT2D eigenvalue weighted by Gasteiger charge is 2.38. The average molecular weight is 339 g/mol. The molecule has 1 heterocycles. The van der Waals surface area contributed by atoms with Gasteiger partial charge in [-0.1, -0.05) is 6.08 Å². The number of esters is 1. The number of allylic oxidation sites excluding steroid dienone is 2. The van der Waals surface area contributed by atoms with E-state index in [1.165, 1.54) is 11.6 Å². The monoisotopic (exact) mass is 339 g/mol. The second-order valence-corrected chi connectivity index (χ2v) is 7.19. The fraction of sp³-hybridized carbons (Fsp3) is 0.429. The molecule has 25 heavy (non-hydrogen) atoms. The molecule has 1 aromatic heterocycles. The minimum atomic E-state index is -0.227. The van der Waals surface area contributed by atoms with Gasteiger partial charge in [0, 0.05) is 18.0 Å². The van der Waals surface area contributed by atoms with Gasteiger partial charge in [-0.05, 0) is 79.3 Å². The van der Waals surface area contributed by atoms with E-state index in [0.29, 0.717) is 30.8 Å². The first-order valence-electron chi connectivity index (χ1n) is 9.05. The summed E-state index contributed by atoms with van der Waals surface area (Å²) < 4.78 is 18.8. The van der Waals surface area contributed by atoms with Gasteiger partial charge >= 0.3 is 5.97 Å². The molecule has 130 valence electrons. The molecule has 4 rings (SSSR count). The van der Waals surface area contributed by atoms with Gasteiger partial charge in [0.1, 0.15) is 5.82 Å². The molecular weight excluding hydrogens is 317 g/mol. The lowest BCUT2D eigenvalue weighted by Crippen LogP contribution is -2.09. The lowest BCUT2D eigenvalue weighted by atomic mass is 9.94. The first-order chi connectivity index (χ1) is 12.1. The van der Waals surface area contributed by atoms with Gasteiger partial charge in [-0.15, -0.1) is 0 Å². The van der Waals surface area contributed by atoms with Crippen molar-refractivity contribution in [3.8, 4) is 0 Å². The zero-order valence-electron chi connectivity index (χ0n) is 14.4. The van der Waals surface area contributed by atoms with Crippen LogP contribution in [0.5, 0.6) is 0 Å². The molecule has 1 saturated carbocycles. The van der Waals surface area contributed by atoms with Gasteiger partial charge in [0.2, 0.25) is 0 Å². The number of hydrogen-bond acceptors (Lipinski definition) is 3. The predicted molar refractivity (Wildman–Crippen MR) is 95.2 cm³/mol. The van der Waals surface area contributed by atoms with Crippen molar-refractivity contribution in [2.24, 2.45) is 17.8 Å². The number of halogens is 1. The molecule has 2 aromatic rings. The van der Waals surface area contributed by atoms with E-state index in [1.54, 1.807) is 18.3 Å². The van der Waals surface area contributed by atoms with Crippen LogP contribution in [0.1, 0.15) is 38.2 Å². The van der Waals surface area contributed by atoms with Crippen molar-refractivity contribution >= 4 is 22.4 Å². The lowest BCUT2D eigenvalue weighted by Gasteiger charge is -2.12. The SMILES string of the molecule is CCOC(=O)CC1C[C@@H]2CC(c3ccnc4ccc(F)cc34)=C[C@@H]2C1. The molecule has 3 atom stereocenters. The van der Waals surface area contributed by atoms with Gasteiger partial charge in [-0.3, -0.25) is 9.78 Å². The molecule has 0 bridgehead atoms. The number of fused-ring (bicyclic) bond motifs is 2. The van der Waals surface area contributed by atoms with Crippen LogP contribution in [0.15, 0.2) is 36.5 Å². The number of carbonyl (C=O) groups excluding carboxylic acids is 1. The Bertz CT molecular complexity index is 845. The largest absolute Gasteiger partial charge is 0.466 e. The Morgan fingerprint density at radius 2 is 2.20 bits per heavy atom. The first-order valence-corrected chi connectivity index (χ1v) is 9.05. The van der Waals surface area contributed by atoms with E-state index >= 15 is 0 Å². The first kappa shape index (κ1) is 16.2. The van der Waals surface area contributed by atoms with Crippen molar-refractivity contribution in [1.29, 1.82) is 0 Å². The summed E-state index contributed by atoms with van der Waals surface area (Å²) in [5.74, 6) is 1.23. The molecule has 0 N–H and O–H groups in total. The van der Waals surface area contributed by atoms with Crippen molar-refractivity contribution in [3.05, 3.63) is 47.9 Å². The maximum absolute atomic E-state index is 13.7. The minimum Gasteiger partial charge on any atom is -0.466 e. The molecule has 0 aliphatic heterocycles. The molecular formula is C21H22FNO2. The molecule has 3 nitrogen and oxygen atoms in total. The van der Waals surface area contributed by atoms with Crippen LogP contribution in [-0.4, -0.2) is 17.6 Å².